The van der Waals surface area contributed by atoms with E-state index >= 15 is 0 Å². The van der Waals surface area contributed by atoms with Crippen molar-refractivity contribution in [2.24, 2.45) is 0 Å². The van der Waals surface area contributed by atoms with E-state index in [1.54, 1.807) is 11.9 Å². The Balaban J connectivity index is 1.49. The maximum Gasteiger partial charge on any atom is 0.240 e. The molecule has 2 N–H and O–H groups in total. The van der Waals surface area contributed by atoms with Crippen LogP contribution in [0.4, 0.5) is 10.8 Å². The number of amides is 2. The monoisotopic (exact) mass is 472 g/mol. The smallest absolute Gasteiger partial charge is 0.240 e. The summed E-state index contributed by atoms with van der Waals surface area (Å²) in [6.07, 6.45) is 0. The van der Waals surface area contributed by atoms with Gasteiger partial charge in [-0.2, -0.15) is 0 Å². The molecule has 0 aliphatic rings. The Morgan fingerprint density at radius 3 is 2.38 bits per heavy atom. The fourth-order valence-electron chi connectivity index (χ4n) is 2.65. The average Bonchev–Trinajstić information content (AvgIpc) is 3.12. The van der Waals surface area contributed by atoms with E-state index in [0.29, 0.717) is 10.8 Å². The second-order valence-electron chi connectivity index (χ2n) is 6.65. The van der Waals surface area contributed by atoms with Crippen LogP contribution in [0.25, 0.3) is 11.3 Å². The molecule has 0 aliphatic heterocycles. The minimum atomic E-state index is -0.217. The van der Waals surface area contributed by atoms with E-state index in [9.17, 15) is 9.59 Å². The largest absolute Gasteiger partial charge is 0.324 e. The highest BCUT2D eigenvalue weighted by molar-refractivity contribution is 9.10. The second kappa shape index (κ2) is 9.78. The first-order valence-electron chi connectivity index (χ1n) is 8.96. The summed E-state index contributed by atoms with van der Waals surface area (Å²) in [6, 6.07) is 15.5. The lowest BCUT2D eigenvalue weighted by atomic mass is 10.1. The molecule has 1 aromatic heterocycles. The van der Waals surface area contributed by atoms with Crippen LogP contribution in [0.2, 0.25) is 0 Å². The van der Waals surface area contributed by atoms with Gasteiger partial charge in [0.2, 0.25) is 11.8 Å². The number of para-hydroxylation sites is 1. The SMILES string of the molecule is Cc1ccc(-c2csc(NC(=O)CN(C)CC(=O)Nc3ccccc3Br)n2)cc1. The number of carbonyl (C=O) groups is 2. The molecule has 6 nitrogen and oxygen atoms in total. The molecule has 2 aromatic carbocycles. The minimum absolute atomic E-state index is 0.0861. The molecule has 0 saturated heterocycles. The minimum Gasteiger partial charge on any atom is -0.324 e. The zero-order valence-corrected chi connectivity index (χ0v) is 18.5. The van der Waals surface area contributed by atoms with Gasteiger partial charge in [0, 0.05) is 15.4 Å². The number of nitrogens with zero attached hydrogens (tertiary/aromatic N) is 2. The standard InChI is InChI=1S/C21H21BrN4O2S/c1-14-7-9-15(10-8-14)18-13-29-21(24-18)25-20(28)12-26(2)11-19(27)23-17-6-4-3-5-16(17)22/h3-10,13H,11-12H2,1-2H3,(H,23,27)(H,24,25,28). The van der Waals surface area contributed by atoms with Gasteiger partial charge in [0.1, 0.15) is 0 Å². The number of carbonyl (C=O) groups excluding carboxylic acids is 2. The second-order valence-corrected chi connectivity index (χ2v) is 8.36. The van der Waals surface area contributed by atoms with Crippen molar-refractivity contribution in [3.05, 3.63) is 63.9 Å². The van der Waals surface area contributed by atoms with Crippen molar-refractivity contribution >= 4 is 49.9 Å². The predicted octanol–water partition coefficient (Wildman–Crippen LogP) is 4.39. The molecule has 2 amide bonds. The normalized spacial score (nSPS) is 10.8. The number of aromatic nitrogens is 1. The molecule has 0 fully saturated rings. The molecule has 150 valence electrons. The first-order chi connectivity index (χ1) is 13.9. The van der Waals surface area contributed by atoms with E-state index in [1.807, 2.05) is 60.8 Å². The Morgan fingerprint density at radius 2 is 1.69 bits per heavy atom. The third-order valence-corrected chi connectivity index (χ3v) is 5.52. The van der Waals surface area contributed by atoms with E-state index in [-0.39, 0.29) is 24.9 Å². The molecule has 0 unspecified atom stereocenters. The van der Waals surface area contributed by atoms with Crippen LogP contribution in [0, 0.1) is 6.92 Å². The van der Waals surface area contributed by atoms with Crippen molar-refractivity contribution in [1.29, 1.82) is 0 Å². The van der Waals surface area contributed by atoms with Gasteiger partial charge in [-0.1, -0.05) is 42.0 Å². The fourth-order valence-corrected chi connectivity index (χ4v) is 3.77. The van der Waals surface area contributed by atoms with Gasteiger partial charge in [-0.25, -0.2) is 4.98 Å². The molecule has 3 rings (SSSR count). The number of likely N-dealkylation sites (N-methyl/N-ethyl adjacent to an activating group) is 1. The molecular weight excluding hydrogens is 452 g/mol. The van der Waals surface area contributed by atoms with Crippen molar-refractivity contribution in [1.82, 2.24) is 9.88 Å². The Bertz CT molecular complexity index is 1000. The van der Waals surface area contributed by atoms with E-state index in [4.69, 9.17) is 0 Å². The van der Waals surface area contributed by atoms with Crippen molar-refractivity contribution in [3.8, 4) is 11.3 Å². The van der Waals surface area contributed by atoms with Crippen LogP contribution in [0.1, 0.15) is 5.56 Å². The highest BCUT2D eigenvalue weighted by atomic mass is 79.9. The number of aryl methyl sites for hydroxylation is 1. The summed E-state index contributed by atoms with van der Waals surface area (Å²) < 4.78 is 0.807. The third-order valence-electron chi connectivity index (χ3n) is 4.07. The maximum atomic E-state index is 12.3. The van der Waals surface area contributed by atoms with E-state index in [1.165, 1.54) is 16.9 Å². The molecule has 0 aliphatic carbocycles. The lowest BCUT2D eigenvalue weighted by molar-refractivity contribution is -0.119. The zero-order valence-electron chi connectivity index (χ0n) is 16.1. The molecule has 0 radical (unpaired) electrons. The first kappa shape index (κ1) is 21.2. The van der Waals surface area contributed by atoms with E-state index in [0.717, 1.165) is 15.7 Å². The summed E-state index contributed by atoms with van der Waals surface area (Å²) in [5, 5.41) is 8.06. The quantitative estimate of drug-likeness (QED) is 0.534. The topological polar surface area (TPSA) is 74.3 Å². The van der Waals surface area contributed by atoms with Gasteiger partial charge in [0.25, 0.3) is 0 Å². The molecule has 29 heavy (non-hydrogen) atoms. The van der Waals surface area contributed by atoms with Crippen LogP contribution in [0.15, 0.2) is 58.4 Å². The average molecular weight is 473 g/mol. The summed E-state index contributed by atoms with van der Waals surface area (Å²) >= 11 is 4.77. The maximum absolute atomic E-state index is 12.3. The number of hydrogen-bond donors (Lipinski definition) is 2. The fraction of sp³-hybridized carbons (Fsp3) is 0.190. The number of benzene rings is 2. The Kier molecular flexibility index (Phi) is 7.13. The number of halogens is 1. The van der Waals surface area contributed by atoms with Crippen molar-refractivity contribution in [2.45, 2.75) is 6.92 Å². The molecule has 1 heterocycles. The highest BCUT2D eigenvalue weighted by Crippen LogP contribution is 2.25. The van der Waals surface area contributed by atoms with Gasteiger partial charge in [-0.3, -0.25) is 14.5 Å². The van der Waals surface area contributed by atoms with Gasteiger partial charge >= 0.3 is 0 Å². The molecule has 0 bridgehead atoms. The predicted molar refractivity (Wildman–Crippen MR) is 121 cm³/mol. The molecule has 0 saturated carbocycles. The van der Waals surface area contributed by atoms with Crippen LogP contribution in [-0.4, -0.2) is 41.8 Å². The first-order valence-corrected chi connectivity index (χ1v) is 10.6. The molecule has 8 heteroatoms. The van der Waals surface area contributed by atoms with Gasteiger partial charge in [0.05, 0.1) is 24.5 Å². The van der Waals surface area contributed by atoms with Crippen LogP contribution in [-0.2, 0) is 9.59 Å². The summed E-state index contributed by atoms with van der Waals surface area (Å²) in [5.41, 5.74) is 3.71. The molecular formula is C21H21BrN4O2S. The van der Waals surface area contributed by atoms with Crippen molar-refractivity contribution in [2.75, 3.05) is 30.8 Å². The van der Waals surface area contributed by atoms with Gasteiger partial charge in [-0.05, 0) is 42.0 Å². The third kappa shape index (κ3) is 6.22. The Morgan fingerprint density at radius 1 is 1.03 bits per heavy atom. The van der Waals surface area contributed by atoms with Crippen molar-refractivity contribution < 1.29 is 9.59 Å². The zero-order chi connectivity index (χ0) is 20.8. The molecule has 3 aromatic rings. The summed E-state index contributed by atoms with van der Waals surface area (Å²) in [7, 11) is 1.72. The summed E-state index contributed by atoms with van der Waals surface area (Å²) in [6.45, 7) is 2.22. The van der Waals surface area contributed by atoms with Crippen LogP contribution >= 0.6 is 27.3 Å². The van der Waals surface area contributed by atoms with Crippen LogP contribution in [0.5, 0.6) is 0 Å². The number of nitrogens with one attached hydrogen (secondary N) is 2. The Labute approximate surface area is 182 Å². The van der Waals surface area contributed by atoms with Crippen LogP contribution in [0.3, 0.4) is 0 Å². The van der Waals surface area contributed by atoms with Crippen molar-refractivity contribution in [3.63, 3.8) is 0 Å². The van der Waals surface area contributed by atoms with Gasteiger partial charge in [-0.15, -0.1) is 11.3 Å². The number of thiazole rings is 1. The number of anilines is 2. The summed E-state index contributed by atoms with van der Waals surface area (Å²) in [4.78, 5) is 30.6. The van der Waals surface area contributed by atoms with E-state index < -0.39 is 0 Å². The summed E-state index contributed by atoms with van der Waals surface area (Å²) in [5.74, 6) is -0.408. The van der Waals surface area contributed by atoms with Gasteiger partial charge < -0.3 is 10.6 Å². The Hall–Kier alpha value is -2.55. The number of hydrogen-bond acceptors (Lipinski definition) is 5. The van der Waals surface area contributed by atoms with Gasteiger partial charge in [0.15, 0.2) is 5.13 Å². The van der Waals surface area contributed by atoms with Crippen LogP contribution < -0.4 is 10.6 Å². The molecule has 0 atom stereocenters. The highest BCUT2D eigenvalue weighted by Gasteiger charge is 2.13. The number of rotatable bonds is 7. The molecule has 0 spiro atoms. The van der Waals surface area contributed by atoms with E-state index in [2.05, 4.69) is 31.5 Å². The lowest BCUT2D eigenvalue weighted by Gasteiger charge is -2.15. The lowest BCUT2D eigenvalue weighted by Crippen LogP contribution is -2.36.